The first-order valence-electron chi connectivity index (χ1n) is 8.55. The molecule has 1 aliphatic carbocycles. The zero-order valence-electron chi connectivity index (χ0n) is 14.2. The van der Waals surface area contributed by atoms with E-state index in [2.05, 4.69) is 11.5 Å². The van der Waals surface area contributed by atoms with Crippen LogP contribution in [0.4, 0.5) is 0 Å². The SMILES string of the molecule is COc1ccc(-c2nc(C3=CCC(C(=O)N4CCCC4)=C3)cs2)cc1. The number of amides is 1. The van der Waals surface area contributed by atoms with Gasteiger partial charge >= 0.3 is 0 Å². The molecule has 0 atom stereocenters. The maximum absolute atomic E-state index is 12.5. The van der Waals surface area contributed by atoms with Gasteiger partial charge in [0, 0.05) is 29.6 Å². The van der Waals surface area contributed by atoms with E-state index in [-0.39, 0.29) is 5.91 Å². The molecule has 0 N–H and O–H groups in total. The zero-order valence-corrected chi connectivity index (χ0v) is 15.0. The van der Waals surface area contributed by atoms with E-state index >= 15 is 0 Å². The first-order valence-corrected chi connectivity index (χ1v) is 9.43. The topological polar surface area (TPSA) is 42.4 Å². The molecule has 1 aliphatic heterocycles. The van der Waals surface area contributed by atoms with Crippen LogP contribution in [-0.2, 0) is 4.79 Å². The number of hydrogen-bond acceptors (Lipinski definition) is 4. The second-order valence-electron chi connectivity index (χ2n) is 6.30. The molecule has 0 saturated carbocycles. The van der Waals surface area contributed by atoms with Crippen molar-refractivity contribution >= 4 is 22.8 Å². The third kappa shape index (κ3) is 3.24. The monoisotopic (exact) mass is 352 g/mol. The fourth-order valence-corrected chi connectivity index (χ4v) is 4.08. The molecule has 0 bridgehead atoms. The molecule has 0 radical (unpaired) electrons. The molecule has 2 aliphatic rings. The van der Waals surface area contributed by atoms with Crippen LogP contribution >= 0.6 is 11.3 Å². The predicted molar refractivity (Wildman–Crippen MR) is 101 cm³/mol. The van der Waals surface area contributed by atoms with E-state index in [0.717, 1.165) is 59.1 Å². The highest BCUT2D eigenvalue weighted by atomic mass is 32.1. The Balaban J connectivity index is 1.51. The Morgan fingerprint density at radius 2 is 1.96 bits per heavy atom. The van der Waals surface area contributed by atoms with Gasteiger partial charge in [0.1, 0.15) is 10.8 Å². The molecule has 1 fully saturated rings. The Labute approximate surface area is 151 Å². The van der Waals surface area contributed by atoms with Crippen molar-refractivity contribution in [3.05, 3.63) is 53.1 Å². The minimum Gasteiger partial charge on any atom is -0.497 e. The van der Waals surface area contributed by atoms with E-state index in [4.69, 9.17) is 9.72 Å². The molecule has 5 heteroatoms. The first-order chi connectivity index (χ1) is 12.2. The maximum Gasteiger partial charge on any atom is 0.250 e. The van der Waals surface area contributed by atoms with Gasteiger partial charge in [0.25, 0.3) is 0 Å². The number of benzene rings is 1. The Morgan fingerprint density at radius 3 is 2.68 bits per heavy atom. The van der Waals surface area contributed by atoms with Gasteiger partial charge in [0.2, 0.25) is 5.91 Å². The van der Waals surface area contributed by atoms with Crippen LogP contribution in [0.1, 0.15) is 25.0 Å². The van der Waals surface area contributed by atoms with Gasteiger partial charge < -0.3 is 9.64 Å². The summed E-state index contributed by atoms with van der Waals surface area (Å²) in [6.07, 6.45) is 7.07. The van der Waals surface area contributed by atoms with Crippen molar-refractivity contribution in [2.75, 3.05) is 20.2 Å². The number of likely N-dealkylation sites (tertiary alicyclic amines) is 1. The molecule has 25 heavy (non-hydrogen) atoms. The number of nitrogens with zero attached hydrogens (tertiary/aromatic N) is 2. The number of carbonyl (C=O) groups excluding carboxylic acids is 1. The van der Waals surface area contributed by atoms with E-state index in [1.165, 1.54) is 0 Å². The zero-order chi connectivity index (χ0) is 17.2. The number of allylic oxidation sites excluding steroid dienone is 3. The minimum atomic E-state index is 0.189. The summed E-state index contributed by atoms with van der Waals surface area (Å²) in [7, 11) is 1.66. The Kier molecular flexibility index (Phi) is 4.40. The number of carbonyl (C=O) groups is 1. The van der Waals surface area contributed by atoms with Crippen LogP contribution < -0.4 is 4.74 Å². The van der Waals surface area contributed by atoms with Gasteiger partial charge in [-0.15, -0.1) is 11.3 Å². The molecule has 0 unspecified atom stereocenters. The third-order valence-electron chi connectivity index (χ3n) is 4.68. The van der Waals surface area contributed by atoms with Gasteiger partial charge in [0.05, 0.1) is 12.8 Å². The molecular formula is C20H20N2O2S. The lowest BCUT2D eigenvalue weighted by Crippen LogP contribution is -2.28. The number of aromatic nitrogens is 1. The molecule has 4 nitrogen and oxygen atoms in total. The fraction of sp³-hybridized carbons (Fsp3) is 0.300. The summed E-state index contributed by atoms with van der Waals surface area (Å²) in [5.41, 5.74) is 3.96. The molecule has 2 heterocycles. The van der Waals surface area contributed by atoms with Gasteiger partial charge in [-0.3, -0.25) is 4.79 Å². The summed E-state index contributed by atoms with van der Waals surface area (Å²) in [5, 5.41) is 3.04. The number of rotatable bonds is 4. The molecule has 1 saturated heterocycles. The van der Waals surface area contributed by atoms with Gasteiger partial charge in [-0.2, -0.15) is 0 Å². The summed E-state index contributed by atoms with van der Waals surface area (Å²) in [5.74, 6) is 1.03. The van der Waals surface area contributed by atoms with E-state index in [1.807, 2.05) is 35.2 Å². The molecule has 4 rings (SSSR count). The number of methoxy groups -OCH3 is 1. The Hall–Kier alpha value is -2.40. The lowest BCUT2D eigenvalue weighted by atomic mass is 10.2. The van der Waals surface area contributed by atoms with Crippen LogP contribution in [0.5, 0.6) is 5.75 Å². The Bertz CT molecular complexity index is 843. The Morgan fingerprint density at radius 1 is 1.20 bits per heavy atom. The van der Waals surface area contributed by atoms with Crippen LogP contribution in [0.25, 0.3) is 16.1 Å². The minimum absolute atomic E-state index is 0.189. The summed E-state index contributed by atoms with van der Waals surface area (Å²) >= 11 is 1.62. The van der Waals surface area contributed by atoms with Crippen molar-refractivity contribution in [1.82, 2.24) is 9.88 Å². The van der Waals surface area contributed by atoms with Gasteiger partial charge in [-0.1, -0.05) is 6.08 Å². The standard InChI is InChI=1S/C20H20N2O2S/c1-24-17-8-6-14(7-9-17)19-21-18(13-25-19)15-4-5-16(12-15)20(23)22-10-2-3-11-22/h4,6-9,12-13H,2-3,5,10-11H2,1H3. The van der Waals surface area contributed by atoms with Crippen molar-refractivity contribution in [3.63, 3.8) is 0 Å². The highest BCUT2D eigenvalue weighted by molar-refractivity contribution is 7.13. The average Bonchev–Trinajstić information content (AvgIpc) is 3.42. The molecule has 1 aromatic carbocycles. The van der Waals surface area contributed by atoms with Crippen LogP contribution in [0.3, 0.4) is 0 Å². The van der Waals surface area contributed by atoms with Crippen LogP contribution in [0.15, 0.2) is 47.4 Å². The quantitative estimate of drug-likeness (QED) is 0.830. The van der Waals surface area contributed by atoms with E-state index < -0.39 is 0 Å². The van der Waals surface area contributed by atoms with Crippen molar-refractivity contribution in [3.8, 4) is 16.3 Å². The smallest absolute Gasteiger partial charge is 0.250 e. The molecule has 2 aromatic rings. The van der Waals surface area contributed by atoms with Crippen molar-refractivity contribution in [2.24, 2.45) is 0 Å². The van der Waals surface area contributed by atoms with Crippen LogP contribution in [0.2, 0.25) is 0 Å². The molecular weight excluding hydrogens is 332 g/mol. The summed E-state index contributed by atoms with van der Waals surface area (Å²) in [6.45, 7) is 1.79. The highest BCUT2D eigenvalue weighted by Gasteiger charge is 2.24. The van der Waals surface area contributed by atoms with E-state index in [0.29, 0.717) is 6.42 Å². The summed E-state index contributed by atoms with van der Waals surface area (Å²) in [4.78, 5) is 19.2. The third-order valence-corrected chi connectivity index (χ3v) is 5.57. The highest BCUT2D eigenvalue weighted by Crippen LogP contribution is 2.32. The van der Waals surface area contributed by atoms with Crippen LogP contribution in [-0.4, -0.2) is 36.0 Å². The number of hydrogen-bond donors (Lipinski definition) is 0. The second-order valence-corrected chi connectivity index (χ2v) is 7.16. The number of thiazole rings is 1. The van der Waals surface area contributed by atoms with E-state index in [1.54, 1.807) is 18.4 Å². The molecule has 1 aromatic heterocycles. The van der Waals surface area contributed by atoms with Crippen molar-refractivity contribution in [1.29, 1.82) is 0 Å². The average molecular weight is 352 g/mol. The lowest BCUT2D eigenvalue weighted by molar-refractivity contribution is -0.126. The summed E-state index contributed by atoms with van der Waals surface area (Å²) < 4.78 is 5.20. The maximum atomic E-state index is 12.5. The lowest BCUT2D eigenvalue weighted by Gasteiger charge is -2.15. The molecule has 128 valence electrons. The predicted octanol–water partition coefficient (Wildman–Crippen LogP) is 4.15. The largest absolute Gasteiger partial charge is 0.497 e. The van der Waals surface area contributed by atoms with Crippen molar-refractivity contribution < 1.29 is 9.53 Å². The van der Waals surface area contributed by atoms with E-state index in [9.17, 15) is 4.79 Å². The molecule has 0 spiro atoms. The van der Waals surface area contributed by atoms with Gasteiger partial charge in [0.15, 0.2) is 0 Å². The van der Waals surface area contributed by atoms with Gasteiger partial charge in [-0.05, 0) is 55.2 Å². The normalized spacial score (nSPS) is 16.8. The second kappa shape index (κ2) is 6.84. The first kappa shape index (κ1) is 16.1. The van der Waals surface area contributed by atoms with Crippen molar-refractivity contribution in [2.45, 2.75) is 19.3 Å². The van der Waals surface area contributed by atoms with Gasteiger partial charge in [-0.25, -0.2) is 4.98 Å². The fourth-order valence-electron chi connectivity index (χ4n) is 3.25. The summed E-state index contributed by atoms with van der Waals surface area (Å²) in [6, 6.07) is 7.92. The van der Waals surface area contributed by atoms with Crippen LogP contribution in [0, 0.1) is 0 Å². The molecule has 1 amide bonds. The number of ether oxygens (including phenoxy) is 1.